The number of hydrogen-bond donors (Lipinski definition) is 1. The SMILES string of the molecule is Cc1ccc(C2=C(Nc3ccc(Cl)cc3C)C(=O)N(c3ccc(Cl)cc3C)C2=O)cc1C. The van der Waals surface area contributed by atoms with Crippen molar-refractivity contribution in [2.24, 2.45) is 0 Å². The Labute approximate surface area is 197 Å². The van der Waals surface area contributed by atoms with Gasteiger partial charge in [-0.2, -0.15) is 0 Å². The highest BCUT2D eigenvalue weighted by molar-refractivity contribution is 6.46. The van der Waals surface area contributed by atoms with E-state index in [2.05, 4.69) is 5.32 Å². The van der Waals surface area contributed by atoms with E-state index < -0.39 is 5.91 Å². The molecule has 0 unspecified atom stereocenters. The summed E-state index contributed by atoms with van der Waals surface area (Å²) in [6, 6.07) is 16.2. The van der Waals surface area contributed by atoms with Crippen LogP contribution in [0, 0.1) is 27.7 Å². The van der Waals surface area contributed by atoms with Crippen molar-refractivity contribution in [3.63, 3.8) is 0 Å². The third-order valence-electron chi connectivity index (χ3n) is 5.73. The Balaban J connectivity index is 1.88. The Hall–Kier alpha value is -3.08. The second-order valence-electron chi connectivity index (χ2n) is 8.01. The van der Waals surface area contributed by atoms with Gasteiger partial charge in [0.05, 0.1) is 11.3 Å². The molecule has 0 radical (unpaired) electrons. The standard InChI is InChI=1S/C26H22Cl2N2O2/c1-14-5-6-18(11-15(14)2)23-24(29-21-9-7-19(27)12-16(21)3)26(32)30(25(23)31)22-10-8-20(28)13-17(22)4/h5-13,29H,1-4H3. The molecule has 1 aliphatic heterocycles. The van der Waals surface area contributed by atoms with E-state index in [-0.39, 0.29) is 11.6 Å². The zero-order chi connectivity index (χ0) is 23.2. The number of nitrogens with zero attached hydrogens (tertiary/aromatic N) is 1. The molecule has 32 heavy (non-hydrogen) atoms. The van der Waals surface area contributed by atoms with Gasteiger partial charge in [0.1, 0.15) is 5.70 Å². The average molecular weight is 465 g/mol. The number of nitrogens with one attached hydrogen (secondary N) is 1. The van der Waals surface area contributed by atoms with Gasteiger partial charge in [-0.25, -0.2) is 4.90 Å². The number of anilines is 2. The van der Waals surface area contributed by atoms with Gasteiger partial charge < -0.3 is 5.32 Å². The van der Waals surface area contributed by atoms with Crippen LogP contribution in [0.2, 0.25) is 10.0 Å². The van der Waals surface area contributed by atoms with E-state index in [9.17, 15) is 9.59 Å². The predicted molar refractivity (Wildman–Crippen MR) is 131 cm³/mol. The third kappa shape index (κ3) is 3.92. The fourth-order valence-corrected chi connectivity index (χ4v) is 4.25. The summed E-state index contributed by atoms with van der Waals surface area (Å²) >= 11 is 12.2. The largest absolute Gasteiger partial charge is 0.350 e. The average Bonchev–Trinajstić information content (AvgIpc) is 2.96. The fourth-order valence-electron chi connectivity index (χ4n) is 3.80. The quantitative estimate of drug-likeness (QED) is 0.441. The first-order valence-electron chi connectivity index (χ1n) is 10.2. The first-order valence-corrected chi connectivity index (χ1v) is 10.9. The van der Waals surface area contributed by atoms with Gasteiger partial charge in [0.15, 0.2) is 0 Å². The van der Waals surface area contributed by atoms with Gasteiger partial charge in [0.2, 0.25) is 0 Å². The smallest absolute Gasteiger partial charge is 0.282 e. The van der Waals surface area contributed by atoms with E-state index in [4.69, 9.17) is 23.2 Å². The van der Waals surface area contributed by atoms with Crippen LogP contribution in [0.4, 0.5) is 11.4 Å². The Kier molecular flexibility index (Phi) is 5.85. The molecule has 0 fully saturated rings. The number of halogens is 2. The summed E-state index contributed by atoms with van der Waals surface area (Å²) in [5.41, 5.74) is 6.23. The summed E-state index contributed by atoms with van der Waals surface area (Å²) in [6.07, 6.45) is 0. The van der Waals surface area contributed by atoms with Gasteiger partial charge in [-0.1, -0.05) is 41.4 Å². The van der Waals surface area contributed by atoms with Gasteiger partial charge >= 0.3 is 0 Å². The minimum Gasteiger partial charge on any atom is -0.350 e. The highest BCUT2D eigenvalue weighted by Gasteiger charge is 2.41. The van der Waals surface area contributed by atoms with E-state index in [0.29, 0.717) is 32.6 Å². The molecule has 6 heteroatoms. The van der Waals surface area contributed by atoms with Crippen LogP contribution in [0.1, 0.15) is 27.8 Å². The first kappa shape index (κ1) is 22.1. The van der Waals surface area contributed by atoms with E-state index in [1.165, 1.54) is 4.90 Å². The molecule has 0 aromatic heterocycles. The van der Waals surface area contributed by atoms with Crippen molar-refractivity contribution in [3.05, 3.63) is 98.2 Å². The van der Waals surface area contributed by atoms with Crippen LogP contribution in [0.3, 0.4) is 0 Å². The Morgan fingerprint density at radius 1 is 0.688 bits per heavy atom. The maximum absolute atomic E-state index is 13.6. The third-order valence-corrected chi connectivity index (χ3v) is 6.20. The minimum absolute atomic E-state index is 0.234. The molecule has 1 aliphatic rings. The molecule has 162 valence electrons. The van der Waals surface area contributed by atoms with Gasteiger partial charge in [-0.3, -0.25) is 9.59 Å². The minimum atomic E-state index is -0.414. The molecular weight excluding hydrogens is 443 g/mol. The van der Waals surface area contributed by atoms with E-state index in [1.54, 1.807) is 30.3 Å². The maximum atomic E-state index is 13.6. The van der Waals surface area contributed by atoms with Crippen molar-refractivity contribution in [2.45, 2.75) is 27.7 Å². The van der Waals surface area contributed by atoms with Gasteiger partial charge in [0.25, 0.3) is 11.8 Å². The highest BCUT2D eigenvalue weighted by atomic mass is 35.5. The Morgan fingerprint density at radius 3 is 1.97 bits per heavy atom. The summed E-state index contributed by atoms with van der Waals surface area (Å²) in [5, 5.41) is 4.36. The Morgan fingerprint density at radius 2 is 1.34 bits per heavy atom. The van der Waals surface area contributed by atoms with E-state index >= 15 is 0 Å². The molecular formula is C26H22Cl2N2O2. The van der Waals surface area contributed by atoms with Crippen LogP contribution >= 0.6 is 23.2 Å². The molecule has 1 N–H and O–H groups in total. The van der Waals surface area contributed by atoms with Crippen molar-refractivity contribution in [1.29, 1.82) is 0 Å². The number of rotatable bonds is 4. The molecule has 2 amide bonds. The molecule has 0 saturated carbocycles. The van der Waals surface area contributed by atoms with E-state index in [1.807, 2.05) is 52.0 Å². The molecule has 3 aromatic carbocycles. The van der Waals surface area contributed by atoms with Gasteiger partial charge in [-0.15, -0.1) is 0 Å². The molecule has 0 atom stereocenters. The molecule has 1 heterocycles. The van der Waals surface area contributed by atoms with Crippen LogP contribution in [-0.2, 0) is 9.59 Å². The zero-order valence-corrected chi connectivity index (χ0v) is 19.7. The normalized spacial score (nSPS) is 13.9. The summed E-state index contributed by atoms with van der Waals surface area (Å²) in [6.45, 7) is 7.71. The van der Waals surface area contributed by atoms with Crippen molar-refractivity contribution in [2.75, 3.05) is 10.2 Å². The van der Waals surface area contributed by atoms with Crippen molar-refractivity contribution < 1.29 is 9.59 Å². The number of benzene rings is 3. The Bertz CT molecular complexity index is 1310. The van der Waals surface area contributed by atoms with Crippen LogP contribution in [-0.4, -0.2) is 11.8 Å². The number of aryl methyl sites for hydroxylation is 4. The van der Waals surface area contributed by atoms with Gasteiger partial charge in [-0.05, 0) is 91.9 Å². The number of hydrogen-bond acceptors (Lipinski definition) is 3. The molecule has 3 aromatic rings. The summed E-state index contributed by atoms with van der Waals surface area (Å²) in [7, 11) is 0. The predicted octanol–water partition coefficient (Wildman–Crippen LogP) is 6.62. The maximum Gasteiger partial charge on any atom is 0.282 e. The zero-order valence-electron chi connectivity index (χ0n) is 18.2. The number of imide groups is 1. The van der Waals surface area contributed by atoms with Crippen LogP contribution < -0.4 is 10.2 Å². The number of amides is 2. The molecule has 0 bridgehead atoms. The van der Waals surface area contributed by atoms with Crippen LogP contribution in [0.15, 0.2) is 60.3 Å². The summed E-state index contributed by atoms with van der Waals surface area (Å²) in [5.74, 6) is -0.791. The molecule has 0 spiro atoms. The molecule has 0 saturated heterocycles. The lowest BCUT2D eigenvalue weighted by Crippen LogP contribution is -2.33. The molecule has 4 nitrogen and oxygen atoms in total. The van der Waals surface area contributed by atoms with Gasteiger partial charge in [0, 0.05) is 15.7 Å². The topological polar surface area (TPSA) is 49.4 Å². The fraction of sp³-hybridized carbons (Fsp3) is 0.154. The number of carbonyl (C=O) groups excluding carboxylic acids is 2. The lowest BCUT2D eigenvalue weighted by molar-refractivity contribution is -0.120. The highest BCUT2D eigenvalue weighted by Crippen LogP contribution is 2.36. The number of carbonyl (C=O) groups is 2. The van der Waals surface area contributed by atoms with Crippen LogP contribution in [0.25, 0.3) is 5.57 Å². The lowest BCUT2D eigenvalue weighted by atomic mass is 9.99. The summed E-state index contributed by atoms with van der Waals surface area (Å²) < 4.78 is 0. The summed E-state index contributed by atoms with van der Waals surface area (Å²) in [4.78, 5) is 28.5. The second kappa shape index (κ2) is 8.45. The van der Waals surface area contributed by atoms with Crippen LogP contribution in [0.5, 0.6) is 0 Å². The molecule has 4 rings (SSSR count). The van der Waals surface area contributed by atoms with E-state index in [0.717, 1.165) is 22.3 Å². The van der Waals surface area contributed by atoms with Crippen molar-refractivity contribution in [3.8, 4) is 0 Å². The monoisotopic (exact) mass is 464 g/mol. The van der Waals surface area contributed by atoms with Crippen molar-refractivity contribution in [1.82, 2.24) is 0 Å². The molecule has 0 aliphatic carbocycles. The first-order chi connectivity index (χ1) is 15.2. The second-order valence-corrected chi connectivity index (χ2v) is 8.88. The van der Waals surface area contributed by atoms with Crippen molar-refractivity contribution >= 4 is 52.0 Å². The lowest BCUT2D eigenvalue weighted by Gasteiger charge is -2.18.